The van der Waals surface area contributed by atoms with Crippen molar-refractivity contribution in [2.24, 2.45) is 0 Å². The molecule has 1 atom stereocenters. The van der Waals surface area contributed by atoms with E-state index >= 15 is 0 Å². The minimum Gasteiger partial charge on any atom is -0.548 e. The first-order valence-electron chi connectivity index (χ1n) is 9.15. The van der Waals surface area contributed by atoms with Crippen LogP contribution in [0.25, 0.3) is 0 Å². The lowest BCUT2D eigenvalue weighted by Gasteiger charge is -2.23. The van der Waals surface area contributed by atoms with Crippen LogP contribution < -0.4 is 10.4 Å². The average Bonchev–Trinajstić information content (AvgIpc) is 2.56. The zero-order valence-corrected chi connectivity index (χ0v) is 16.4. The third-order valence-corrected chi connectivity index (χ3v) is 3.46. The summed E-state index contributed by atoms with van der Waals surface area (Å²) in [6.07, 6.45) is 1.69. The molecule has 0 spiro atoms. The molecule has 0 aromatic heterocycles. The molecule has 1 amide bonds. The third kappa shape index (κ3) is 12.8. The van der Waals surface area contributed by atoms with Gasteiger partial charge in [-0.25, -0.2) is 4.79 Å². The minimum absolute atomic E-state index is 0.0814. The van der Waals surface area contributed by atoms with Crippen LogP contribution in [0, 0.1) is 0 Å². The summed E-state index contributed by atoms with van der Waals surface area (Å²) in [6, 6.07) is 9.58. The molecule has 1 rings (SSSR count). The second kappa shape index (κ2) is 12.3. The maximum atomic E-state index is 11.9. The van der Waals surface area contributed by atoms with Crippen molar-refractivity contribution in [3.05, 3.63) is 35.9 Å². The van der Waals surface area contributed by atoms with E-state index in [1.807, 2.05) is 30.3 Å². The quantitative estimate of drug-likeness (QED) is 0.557. The fraction of sp³-hybridized carbons (Fsp3) is 0.600. The molecule has 0 heterocycles. The normalized spacial score (nSPS) is 12.4. The van der Waals surface area contributed by atoms with Crippen LogP contribution in [-0.2, 0) is 25.6 Å². The van der Waals surface area contributed by atoms with Crippen molar-refractivity contribution in [3.63, 3.8) is 0 Å². The van der Waals surface area contributed by atoms with Gasteiger partial charge in [0.25, 0.3) is 0 Å². The molecule has 7 heteroatoms. The number of carbonyl (C=O) groups is 2. The van der Waals surface area contributed by atoms with E-state index in [0.717, 1.165) is 18.4 Å². The summed E-state index contributed by atoms with van der Waals surface area (Å²) in [7, 11) is 0. The van der Waals surface area contributed by atoms with E-state index in [2.05, 4.69) is 5.32 Å². The average molecular weight is 380 g/mol. The zero-order chi connectivity index (χ0) is 20.1. The molecular weight excluding hydrogens is 350 g/mol. The van der Waals surface area contributed by atoms with E-state index in [1.165, 1.54) is 0 Å². The maximum absolute atomic E-state index is 11.9. The van der Waals surface area contributed by atoms with Crippen molar-refractivity contribution in [2.45, 2.75) is 58.3 Å². The van der Waals surface area contributed by atoms with Crippen molar-refractivity contribution in [1.29, 1.82) is 0 Å². The summed E-state index contributed by atoms with van der Waals surface area (Å²) in [5, 5.41) is 13.2. The van der Waals surface area contributed by atoms with Crippen LogP contribution in [0.15, 0.2) is 30.3 Å². The molecule has 0 radical (unpaired) electrons. The van der Waals surface area contributed by atoms with Gasteiger partial charge in [0.15, 0.2) is 0 Å². The molecule has 0 fully saturated rings. The predicted molar refractivity (Wildman–Crippen MR) is 98.9 cm³/mol. The minimum atomic E-state index is -1.29. The van der Waals surface area contributed by atoms with Gasteiger partial charge in [-0.1, -0.05) is 30.3 Å². The highest BCUT2D eigenvalue weighted by Crippen LogP contribution is 2.09. The zero-order valence-electron chi connectivity index (χ0n) is 16.4. The lowest BCUT2D eigenvalue weighted by atomic mass is 10.1. The Labute approximate surface area is 161 Å². The van der Waals surface area contributed by atoms with Gasteiger partial charge < -0.3 is 29.4 Å². The summed E-state index contributed by atoms with van der Waals surface area (Å²) in [4.78, 5) is 22.4. The predicted octanol–water partition coefficient (Wildman–Crippen LogP) is 2.03. The number of alkyl carbamates (subject to hydrolysis) is 1. The lowest BCUT2D eigenvalue weighted by Crippen LogP contribution is -2.42. The van der Waals surface area contributed by atoms with Crippen LogP contribution in [0.1, 0.15) is 45.6 Å². The van der Waals surface area contributed by atoms with E-state index in [-0.39, 0.29) is 12.6 Å². The van der Waals surface area contributed by atoms with Crippen molar-refractivity contribution in [2.75, 3.05) is 19.8 Å². The van der Waals surface area contributed by atoms with E-state index < -0.39 is 24.3 Å². The number of carboxylic acid groups (broad SMARTS) is 1. The number of rotatable bonds is 12. The molecule has 0 unspecified atom stereocenters. The Morgan fingerprint density at radius 3 is 2.44 bits per heavy atom. The van der Waals surface area contributed by atoms with Crippen molar-refractivity contribution < 1.29 is 28.9 Å². The van der Waals surface area contributed by atoms with Gasteiger partial charge in [-0.2, -0.15) is 0 Å². The number of ether oxygens (including phenoxy) is 3. The van der Waals surface area contributed by atoms with Gasteiger partial charge in [-0.15, -0.1) is 0 Å². The first kappa shape index (κ1) is 22.9. The van der Waals surface area contributed by atoms with Crippen LogP contribution in [0.3, 0.4) is 0 Å². The Balaban J connectivity index is 2.29. The number of carboxylic acids is 1. The Hall–Kier alpha value is -2.12. The Kier molecular flexibility index (Phi) is 10.4. The number of unbranched alkanes of at least 4 members (excludes halogenated alkanes) is 1. The summed E-state index contributed by atoms with van der Waals surface area (Å²) >= 11 is 0. The number of hydrogen-bond acceptors (Lipinski definition) is 6. The molecule has 0 bridgehead atoms. The van der Waals surface area contributed by atoms with Gasteiger partial charge in [0.1, 0.15) is 5.60 Å². The summed E-state index contributed by atoms with van der Waals surface area (Å²) in [6.45, 7) is 6.07. The van der Waals surface area contributed by atoms with Crippen LogP contribution >= 0.6 is 0 Å². The Morgan fingerprint density at radius 1 is 1.11 bits per heavy atom. The Bertz CT molecular complexity index is 555. The van der Waals surface area contributed by atoms with Crippen LogP contribution in [0.4, 0.5) is 4.79 Å². The second-order valence-electron chi connectivity index (χ2n) is 7.26. The largest absolute Gasteiger partial charge is 0.548 e. The SMILES string of the molecule is CC(C)(C)OC(=O)N[C@H](CCCCOCc1ccccc1)COCC(=O)[O-]. The number of carbonyl (C=O) groups excluding carboxylic acids is 2. The van der Waals surface area contributed by atoms with Gasteiger partial charge in [0.05, 0.1) is 31.8 Å². The first-order chi connectivity index (χ1) is 12.8. The number of nitrogens with one attached hydrogen (secondary N) is 1. The molecule has 152 valence electrons. The molecular formula is C20H30NO6-. The molecule has 1 aromatic rings. The molecule has 0 aliphatic carbocycles. The molecule has 1 N–H and O–H groups in total. The summed E-state index contributed by atoms with van der Waals surface area (Å²) in [5.74, 6) is -1.29. The van der Waals surface area contributed by atoms with Gasteiger partial charge in [-0.3, -0.25) is 0 Å². The van der Waals surface area contributed by atoms with Gasteiger partial charge in [-0.05, 0) is 45.6 Å². The number of benzene rings is 1. The Morgan fingerprint density at radius 2 is 1.81 bits per heavy atom. The van der Waals surface area contributed by atoms with E-state index in [0.29, 0.717) is 19.6 Å². The number of amides is 1. The highest BCUT2D eigenvalue weighted by molar-refractivity contribution is 5.68. The van der Waals surface area contributed by atoms with Crippen molar-refractivity contribution in [3.8, 4) is 0 Å². The second-order valence-corrected chi connectivity index (χ2v) is 7.26. The molecule has 0 aliphatic heterocycles. The summed E-state index contributed by atoms with van der Waals surface area (Å²) in [5.41, 5.74) is 0.517. The van der Waals surface area contributed by atoms with E-state index in [9.17, 15) is 14.7 Å². The summed E-state index contributed by atoms with van der Waals surface area (Å²) < 4.78 is 15.9. The first-order valence-corrected chi connectivity index (χ1v) is 9.15. The van der Waals surface area contributed by atoms with Crippen LogP contribution in [0.2, 0.25) is 0 Å². The molecule has 0 saturated carbocycles. The molecule has 1 aromatic carbocycles. The lowest BCUT2D eigenvalue weighted by molar-refractivity contribution is -0.309. The third-order valence-electron chi connectivity index (χ3n) is 3.46. The highest BCUT2D eigenvalue weighted by Gasteiger charge is 2.19. The molecule has 27 heavy (non-hydrogen) atoms. The fourth-order valence-electron chi connectivity index (χ4n) is 2.32. The number of aliphatic carboxylic acids is 1. The number of hydrogen-bond donors (Lipinski definition) is 1. The van der Waals surface area contributed by atoms with Gasteiger partial charge in [0, 0.05) is 6.61 Å². The van der Waals surface area contributed by atoms with Crippen LogP contribution in [0.5, 0.6) is 0 Å². The fourth-order valence-corrected chi connectivity index (χ4v) is 2.32. The van der Waals surface area contributed by atoms with Gasteiger partial charge >= 0.3 is 6.09 Å². The monoisotopic (exact) mass is 380 g/mol. The van der Waals surface area contributed by atoms with E-state index in [1.54, 1.807) is 20.8 Å². The maximum Gasteiger partial charge on any atom is 0.407 e. The van der Waals surface area contributed by atoms with Crippen molar-refractivity contribution >= 4 is 12.1 Å². The topological polar surface area (TPSA) is 96.9 Å². The molecule has 7 nitrogen and oxygen atoms in total. The van der Waals surface area contributed by atoms with Crippen LogP contribution in [-0.4, -0.2) is 43.5 Å². The highest BCUT2D eigenvalue weighted by atomic mass is 16.6. The molecule has 0 aliphatic rings. The van der Waals surface area contributed by atoms with Gasteiger partial charge in [0.2, 0.25) is 0 Å². The standard InChI is InChI=1S/C20H31NO6/c1-20(2,3)27-19(24)21-17(14-26-15-18(22)23)11-7-8-12-25-13-16-9-5-4-6-10-16/h4-6,9-10,17H,7-8,11-15H2,1-3H3,(H,21,24)(H,22,23)/p-1/t17-/m1/s1. The molecule has 0 saturated heterocycles. The van der Waals surface area contributed by atoms with Crippen molar-refractivity contribution in [1.82, 2.24) is 5.32 Å². The smallest absolute Gasteiger partial charge is 0.407 e. The van der Waals surface area contributed by atoms with E-state index in [4.69, 9.17) is 14.2 Å².